The van der Waals surface area contributed by atoms with E-state index in [1.54, 1.807) is 12.4 Å². The van der Waals surface area contributed by atoms with Crippen molar-refractivity contribution < 1.29 is 8.78 Å². The van der Waals surface area contributed by atoms with E-state index >= 15 is 0 Å². The van der Waals surface area contributed by atoms with Crippen LogP contribution < -0.4 is 5.32 Å². The van der Waals surface area contributed by atoms with Crippen LogP contribution in [0.25, 0.3) is 0 Å². The fourth-order valence-electron chi connectivity index (χ4n) is 2.97. The number of aromatic nitrogens is 2. The van der Waals surface area contributed by atoms with Gasteiger partial charge in [-0.05, 0) is 38.4 Å². The van der Waals surface area contributed by atoms with Crippen molar-refractivity contribution in [1.29, 1.82) is 0 Å². The second kappa shape index (κ2) is 7.00. The average molecular weight is 318 g/mol. The minimum absolute atomic E-state index is 0.142. The van der Waals surface area contributed by atoms with E-state index in [9.17, 15) is 8.78 Å². The topological polar surface area (TPSA) is 41.1 Å². The Kier molecular flexibility index (Phi) is 4.81. The zero-order valence-corrected chi connectivity index (χ0v) is 13.1. The summed E-state index contributed by atoms with van der Waals surface area (Å²) < 4.78 is 27.6. The van der Waals surface area contributed by atoms with E-state index in [1.165, 1.54) is 18.2 Å². The predicted octanol–water partition coefficient (Wildman–Crippen LogP) is 3.14. The number of nitrogens with one attached hydrogen (secondary N) is 1. The van der Waals surface area contributed by atoms with Gasteiger partial charge in [-0.25, -0.2) is 13.8 Å². The summed E-state index contributed by atoms with van der Waals surface area (Å²) in [6.07, 6.45) is 5.39. The summed E-state index contributed by atoms with van der Waals surface area (Å²) in [5, 5.41) is 3.36. The fraction of sp³-hybridized carbons (Fsp3) is 0.412. The lowest BCUT2D eigenvalue weighted by atomic mass is 10.0. The van der Waals surface area contributed by atoms with Gasteiger partial charge in [0.15, 0.2) is 0 Å². The van der Waals surface area contributed by atoms with E-state index in [-0.39, 0.29) is 18.2 Å². The summed E-state index contributed by atoms with van der Waals surface area (Å²) in [5.41, 5.74) is 1.000. The predicted molar refractivity (Wildman–Crippen MR) is 85.0 cm³/mol. The Morgan fingerprint density at radius 3 is 2.78 bits per heavy atom. The smallest absolute Gasteiger partial charge is 0.145 e. The van der Waals surface area contributed by atoms with E-state index in [1.807, 2.05) is 6.92 Å². The monoisotopic (exact) mass is 318 g/mol. The summed E-state index contributed by atoms with van der Waals surface area (Å²) in [7, 11) is 0. The highest BCUT2D eigenvalue weighted by Gasteiger charge is 2.22. The van der Waals surface area contributed by atoms with Gasteiger partial charge in [0, 0.05) is 30.9 Å². The molecule has 1 unspecified atom stereocenters. The fourth-order valence-corrected chi connectivity index (χ4v) is 2.97. The highest BCUT2D eigenvalue weighted by atomic mass is 19.1. The first-order valence-electron chi connectivity index (χ1n) is 7.82. The second-order valence-corrected chi connectivity index (χ2v) is 5.96. The Morgan fingerprint density at radius 2 is 2.04 bits per heavy atom. The minimum Gasteiger partial charge on any atom is -0.365 e. The Balaban J connectivity index is 1.64. The van der Waals surface area contributed by atoms with Gasteiger partial charge in [0.1, 0.15) is 17.5 Å². The summed E-state index contributed by atoms with van der Waals surface area (Å²) in [4.78, 5) is 10.6. The summed E-state index contributed by atoms with van der Waals surface area (Å²) in [6.45, 7) is 3.75. The maximum Gasteiger partial charge on any atom is 0.145 e. The first-order valence-corrected chi connectivity index (χ1v) is 7.82. The summed E-state index contributed by atoms with van der Waals surface area (Å²) in [6, 6.07) is 4.21. The molecule has 1 saturated heterocycles. The Bertz CT molecular complexity index is 657. The minimum atomic E-state index is -0.482. The van der Waals surface area contributed by atoms with E-state index in [2.05, 4.69) is 20.2 Å². The molecule has 0 aliphatic carbocycles. The molecule has 1 aliphatic heterocycles. The third-order valence-electron chi connectivity index (χ3n) is 4.06. The van der Waals surface area contributed by atoms with E-state index < -0.39 is 11.6 Å². The molecular formula is C17H20F2N4. The standard InChI is InChI=1S/C17H20F2N4/c1-12-8-20-9-17(21-12)22-13-4-3-7-23(10-13)11-14-15(18)5-2-6-16(14)19/h2,5-6,8-9,13H,3-4,7,10-11H2,1H3,(H,21,22). The summed E-state index contributed by atoms with van der Waals surface area (Å²) in [5.74, 6) is -0.219. The molecule has 1 atom stereocenters. The molecule has 122 valence electrons. The first-order chi connectivity index (χ1) is 11.1. The molecule has 1 aliphatic rings. The van der Waals surface area contributed by atoms with Crippen LogP contribution in [0.5, 0.6) is 0 Å². The average Bonchev–Trinajstić information content (AvgIpc) is 2.52. The molecule has 0 radical (unpaired) electrons. The lowest BCUT2D eigenvalue weighted by Crippen LogP contribution is -2.42. The van der Waals surface area contributed by atoms with Crippen molar-refractivity contribution in [2.24, 2.45) is 0 Å². The van der Waals surface area contributed by atoms with Gasteiger partial charge in [0.05, 0.1) is 11.9 Å². The van der Waals surface area contributed by atoms with Crippen LogP contribution in [-0.2, 0) is 6.54 Å². The van der Waals surface area contributed by atoms with Gasteiger partial charge in [-0.1, -0.05) is 6.07 Å². The first kappa shape index (κ1) is 15.8. The van der Waals surface area contributed by atoms with Crippen molar-refractivity contribution in [3.63, 3.8) is 0 Å². The number of benzene rings is 1. The number of rotatable bonds is 4. The van der Waals surface area contributed by atoms with Crippen molar-refractivity contribution in [1.82, 2.24) is 14.9 Å². The molecular weight excluding hydrogens is 298 g/mol. The number of aryl methyl sites for hydroxylation is 1. The van der Waals surface area contributed by atoms with Gasteiger partial charge in [-0.2, -0.15) is 0 Å². The molecule has 0 saturated carbocycles. The number of halogens is 2. The molecule has 6 heteroatoms. The number of likely N-dealkylation sites (tertiary alicyclic amines) is 1. The van der Waals surface area contributed by atoms with Crippen molar-refractivity contribution in [2.45, 2.75) is 32.4 Å². The highest BCUT2D eigenvalue weighted by molar-refractivity contribution is 5.33. The number of piperidine rings is 1. The van der Waals surface area contributed by atoms with E-state index in [0.717, 1.165) is 37.4 Å². The van der Waals surface area contributed by atoms with Crippen LogP contribution in [0.2, 0.25) is 0 Å². The molecule has 2 aromatic rings. The van der Waals surface area contributed by atoms with Crippen molar-refractivity contribution >= 4 is 5.82 Å². The third kappa shape index (κ3) is 4.01. The van der Waals surface area contributed by atoms with Crippen LogP contribution in [0.15, 0.2) is 30.6 Å². The van der Waals surface area contributed by atoms with Gasteiger partial charge < -0.3 is 5.32 Å². The van der Waals surface area contributed by atoms with Crippen LogP contribution in [0.4, 0.5) is 14.6 Å². The van der Waals surface area contributed by atoms with Crippen LogP contribution in [-0.4, -0.2) is 34.0 Å². The van der Waals surface area contributed by atoms with Crippen LogP contribution >= 0.6 is 0 Å². The Morgan fingerprint density at radius 1 is 1.26 bits per heavy atom. The summed E-state index contributed by atoms with van der Waals surface area (Å²) >= 11 is 0. The zero-order valence-electron chi connectivity index (χ0n) is 13.1. The molecule has 0 spiro atoms. The van der Waals surface area contributed by atoms with Crippen LogP contribution in [0.1, 0.15) is 24.1 Å². The van der Waals surface area contributed by atoms with Gasteiger partial charge in [-0.15, -0.1) is 0 Å². The Hall–Kier alpha value is -2.08. The molecule has 0 bridgehead atoms. The van der Waals surface area contributed by atoms with Gasteiger partial charge in [0.25, 0.3) is 0 Å². The quantitative estimate of drug-likeness (QED) is 0.940. The molecule has 1 aromatic carbocycles. The lowest BCUT2D eigenvalue weighted by molar-refractivity contribution is 0.203. The number of hydrogen-bond acceptors (Lipinski definition) is 4. The van der Waals surface area contributed by atoms with Crippen LogP contribution in [0.3, 0.4) is 0 Å². The Labute approximate surface area is 134 Å². The molecule has 1 aromatic heterocycles. The van der Waals surface area contributed by atoms with Gasteiger partial charge in [0.2, 0.25) is 0 Å². The maximum atomic E-state index is 13.8. The zero-order chi connectivity index (χ0) is 16.2. The third-order valence-corrected chi connectivity index (χ3v) is 4.06. The molecule has 23 heavy (non-hydrogen) atoms. The largest absolute Gasteiger partial charge is 0.365 e. The molecule has 0 amide bonds. The number of nitrogens with zero attached hydrogens (tertiary/aromatic N) is 3. The van der Waals surface area contributed by atoms with Crippen molar-refractivity contribution in [3.05, 3.63) is 53.5 Å². The van der Waals surface area contributed by atoms with E-state index in [0.29, 0.717) is 0 Å². The molecule has 1 N–H and O–H groups in total. The van der Waals surface area contributed by atoms with Crippen molar-refractivity contribution in [2.75, 3.05) is 18.4 Å². The molecule has 2 heterocycles. The second-order valence-electron chi connectivity index (χ2n) is 5.96. The number of hydrogen-bond donors (Lipinski definition) is 1. The molecule has 1 fully saturated rings. The van der Waals surface area contributed by atoms with Gasteiger partial charge in [-0.3, -0.25) is 9.88 Å². The SMILES string of the molecule is Cc1cncc(NC2CCCN(Cc3c(F)cccc3F)C2)n1. The van der Waals surface area contributed by atoms with Crippen LogP contribution in [0, 0.1) is 18.6 Å². The normalized spacial score (nSPS) is 18.8. The highest BCUT2D eigenvalue weighted by Crippen LogP contribution is 2.19. The number of anilines is 1. The molecule has 4 nitrogen and oxygen atoms in total. The van der Waals surface area contributed by atoms with E-state index in [4.69, 9.17) is 0 Å². The molecule has 3 rings (SSSR count). The van der Waals surface area contributed by atoms with Crippen molar-refractivity contribution in [3.8, 4) is 0 Å². The van der Waals surface area contributed by atoms with Gasteiger partial charge >= 0.3 is 0 Å². The lowest BCUT2D eigenvalue weighted by Gasteiger charge is -2.33. The maximum absolute atomic E-state index is 13.8.